The van der Waals surface area contributed by atoms with E-state index in [1.165, 1.54) is 20.6 Å². The van der Waals surface area contributed by atoms with Crippen LogP contribution in [-0.4, -0.2) is 25.2 Å². The predicted molar refractivity (Wildman–Crippen MR) is 54.2 cm³/mol. The Balaban J connectivity index is 2.61. The van der Waals surface area contributed by atoms with Gasteiger partial charge >= 0.3 is 7.60 Å². The van der Waals surface area contributed by atoms with E-state index in [9.17, 15) is 9.67 Å². The third kappa shape index (κ3) is 2.57. The van der Waals surface area contributed by atoms with Crippen molar-refractivity contribution in [3.63, 3.8) is 0 Å². The molecule has 4 nitrogen and oxygen atoms in total. The number of aliphatic hydroxyl groups is 1. The molecule has 1 saturated carbocycles. The summed E-state index contributed by atoms with van der Waals surface area (Å²) in [6, 6.07) is 0. The van der Waals surface area contributed by atoms with Gasteiger partial charge < -0.3 is 14.2 Å². The van der Waals surface area contributed by atoms with Crippen molar-refractivity contribution in [3.05, 3.63) is 0 Å². The second-order valence-electron chi connectivity index (χ2n) is 3.72. The van der Waals surface area contributed by atoms with Crippen molar-refractivity contribution in [1.82, 2.24) is 0 Å². The van der Waals surface area contributed by atoms with Crippen LogP contribution in [0, 0.1) is 5.92 Å². The molecule has 0 aromatic heterocycles. The van der Waals surface area contributed by atoms with Crippen LogP contribution in [0.3, 0.4) is 0 Å². The number of hydrogen-bond donors (Lipinski definition) is 1. The van der Waals surface area contributed by atoms with Gasteiger partial charge in [-0.3, -0.25) is 4.57 Å². The second kappa shape index (κ2) is 5.26. The molecular formula is C9H19O4P. The lowest BCUT2D eigenvalue weighted by Gasteiger charge is -2.29. The first-order chi connectivity index (χ1) is 6.64. The molecule has 0 aromatic rings. The van der Waals surface area contributed by atoms with Gasteiger partial charge in [-0.05, 0) is 18.8 Å². The van der Waals surface area contributed by atoms with E-state index in [4.69, 9.17) is 9.05 Å². The third-order valence-electron chi connectivity index (χ3n) is 2.90. The molecule has 1 unspecified atom stereocenters. The summed E-state index contributed by atoms with van der Waals surface area (Å²) in [6.07, 6.45) is 5.22. The maximum Gasteiger partial charge on any atom is 0.358 e. The van der Waals surface area contributed by atoms with E-state index in [-0.39, 0.29) is 5.92 Å². The van der Waals surface area contributed by atoms with E-state index in [0.29, 0.717) is 0 Å². The molecular weight excluding hydrogens is 203 g/mol. The average molecular weight is 222 g/mol. The van der Waals surface area contributed by atoms with E-state index in [1.54, 1.807) is 0 Å². The molecule has 0 amide bonds. The van der Waals surface area contributed by atoms with Gasteiger partial charge in [0.2, 0.25) is 0 Å². The van der Waals surface area contributed by atoms with Crippen LogP contribution in [0.4, 0.5) is 0 Å². The summed E-state index contributed by atoms with van der Waals surface area (Å²) in [7, 11) is -0.654. The normalized spacial score (nSPS) is 22.2. The number of rotatable bonds is 4. The monoisotopic (exact) mass is 222 g/mol. The van der Waals surface area contributed by atoms with Gasteiger partial charge in [0.15, 0.2) is 5.85 Å². The minimum absolute atomic E-state index is 0.0643. The minimum atomic E-state index is -3.29. The number of aliphatic hydroxyl groups excluding tert-OH is 1. The Hall–Kier alpha value is 0.110. The summed E-state index contributed by atoms with van der Waals surface area (Å²) in [4.78, 5) is 0. The van der Waals surface area contributed by atoms with Crippen LogP contribution in [0.15, 0.2) is 0 Å². The Morgan fingerprint density at radius 3 is 2.14 bits per heavy atom. The van der Waals surface area contributed by atoms with Gasteiger partial charge in [-0.25, -0.2) is 0 Å². The highest BCUT2D eigenvalue weighted by Gasteiger charge is 2.38. The fraction of sp³-hybridized carbons (Fsp3) is 1.00. The Bertz CT molecular complexity index is 205. The number of hydrogen-bond acceptors (Lipinski definition) is 4. The van der Waals surface area contributed by atoms with Gasteiger partial charge in [-0.2, -0.15) is 0 Å². The van der Waals surface area contributed by atoms with Crippen molar-refractivity contribution >= 4 is 7.60 Å². The first kappa shape index (κ1) is 12.2. The quantitative estimate of drug-likeness (QED) is 0.742. The van der Waals surface area contributed by atoms with Crippen molar-refractivity contribution in [1.29, 1.82) is 0 Å². The van der Waals surface area contributed by atoms with Gasteiger partial charge in [-0.1, -0.05) is 19.3 Å². The van der Waals surface area contributed by atoms with E-state index >= 15 is 0 Å². The lowest BCUT2D eigenvalue weighted by atomic mass is 9.90. The van der Waals surface area contributed by atoms with Gasteiger partial charge in [0.05, 0.1) is 0 Å². The smallest absolute Gasteiger partial charge is 0.358 e. The van der Waals surface area contributed by atoms with Gasteiger partial charge in [0, 0.05) is 14.2 Å². The highest BCUT2D eigenvalue weighted by molar-refractivity contribution is 7.54. The first-order valence-electron chi connectivity index (χ1n) is 5.03. The van der Waals surface area contributed by atoms with Crippen LogP contribution in [0.2, 0.25) is 0 Å². The summed E-state index contributed by atoms with van der Waals surface area (Å²) >= 11 is 0. The van der Waals surface area contributed by atoms with E-state index < -0.39 is 13.4 Å². The topological polar surface area (TPSA) is 55.8 Å². The lowest BCUT2D eigenvalue weighted by Crippen LogP contribution is -2.24. The van der Waals surface area contributed by atoms with Crippen molar-refractivity contribution in [2.24, 2.45) is 5.92 Å². The molecule has 0 radical (unpaired) electrons. The predicted octanol–water partition coefficient (Wildman–Crippen LogP) is 2.37. The summed E-state index contributed by atoms with van der Waals surface area (Å²) in [5, 5.41) is 9.88. The molecule has 0 heterocycles. The summed E-state index contributed by atoms with van der Waals surface area (Å²) in [6.45, 7) is 0. The molecule has 1 rings (SSSR count). The zero-order valence-corrected chi connectivity index (χ0v) is 9.70. The molecule has 1 atom stereocenters. The average Bonchev–Trinajstić information content (AvgIpc) is 2.28. The Morgan fingerprint density at radius 2 is 1.71 bits per heavy atom. The molecule has 14 heavy (non-hydrogen) atoms. The first-order valence-corrected chi connectivity index (χ1v) is 6.64. The highest BCUT2D eigenvalue weighted by Crippen LogP contribution is 2.54. The van der Waals surface area contributed by atoms with Gasteiger partial charge in [-0.15, -0.1) is 0 Å². The van der Waals surface area contributed by atoms with Crippen LogP contribution < -0.4 is 0 Å². The Morgan fingerprint density at radius 1 is 1.21 bits per heavy atom. The zero-order chi connectivity index (χ0) is 10.6. The third-order valence-corrected chi connectivity index (χ3v) is 4.99. The maximum atomic E-state index is 11.9. The van der Waals surface area contributed by atoms with E-state index in [0.717, 1.165) is 25.7 Å². The molecule has 0 bridgehead atoms. The Labute approximate surface area is 85.1 Å². The van der Waals surface area contributed by atoms with Crippen molar-refractivity contribution in [2.45, 2.75) is 37.9 Å². The molecule has 0 saturated heterocycles. The summed E-state index contributed by atoms with van der Waals surface area (Å²) in [5.74, 6) is -0.896. The molecule has 1 N–H and O–H groups in total. The van der Waals surface area contributed by atoms with Gasteiger partial charge in [0.1, 0.15) is 0 Å². The minimum Gasteiger partial charge on any atom is -0.380 e. The molecule has 1 aliphatic carbocycles. The zero-order valence-electron chi connectivity index (χ0n) is 8.81. The SMILES string of the molecule is COP(=O)(OC)C(O)C1CCCCC1. The van der Waals surface area contributed by atoms with Crippen LogP contribution in [0.25, 0.3) is 0 Å². The van der Waals surface area contributed by atoms with Crippen molar-refractivity contribution in [3.8, 4) is 0 Å². The van der Waals surface area contributed by atoms with Crippen LogP contribution >= 0.6 is 7.60 Å². The van der Waals surface area contributed by atoms with Crippen LogP contribution in [0.5, 0.6) is 0 Å². The largest absolute Gasteiger partial charge is 0.380 e. The molecule has 84 valence electrons. The summed E-state index contributed by atoms with van der Waals surface area (Å²) in [5.41, 5.74) is 0. The highest BCUT2D eigenvalue weighted by atomic mass is 31.2. The fourth-order valence-corrected chi connectivity index (χ4v) is 3.38. The maximum absolute atomic E-state index is 11.9. The molecule has 0 aliphatic heterocycles. The molecule has 0 aromatic carbocycles. The standard InChI is InChI=1S/C9H19O4P/c1-12-14(11,13-2)9(10)8-6-4-3-5-7-8/h8-10H,3-7H2,1-2H3. The van der Waals surface area contributed by atoms with Crippen molar-refractivity contribution in [2.75, 3.05) is 14.2 Å². The van der Waals surface area contributed by atoms with Crippen molar-refractivity contribution < 1.29 is 18.7 Å². The molecule has 5 heteroatoms. The summed E-state index contributed by atoms with van der Waals surface area (Å²) < 4.78 is 21.4. The van der Waals surface area contributed by atoms with Gasteiger partial charge in [0.25, 0.3) is 0 Å². The lowest BCUT2D eigenvalue weighted by molar-refractivity contribution is 0.108. The van der Waals surface area contributed by atoms with Crippen LogP contribution in [-0.2, 0) is 13.6 Å². The Kier molecular flexibility index (Phi) is 4.58. The molecule has 1 aliphatic rings. The second-order valence-corrected chi connectivity index (χ2v) is 6.06. The molecule has 1 fully saturated rings. The van der Waals surface area contributed by atoms with E-state index in [2.05, 4.69) is 0 Å². The van der Waals surface area contributed by atoms with E-state index in [1.807, 2.05) is 0 Å². The van der Waals surface area contributed by atoms with Crippen LogP contribution in [0.1, 0.15) is 32.1 Å². The molecule has 0 spiro atoms. The fourth-order valence-electron chi connectivity index (χ4n) is 1.98.